The highest BCUT2D eigenvalue weighted by Gasteiger charge is 2.27. The Morgan fingerprint density at radius 2 is 2.13 bits per heavy atom. The molecule has 0 aliphatic carbocycles. The highest BCUT2D eigenvalue weighted by molar-refractivity contribution is 5.81. The van der Waals surface area contributed by atoms with Gasteiger partial charge in [0, 0.05) is 37.6 Å². The van der Waals surface area contributed by atoms with Crippen molar-refractivity contribution in [2.75, 3.05) is 24.5 Å². The lowest BCUT2D eigenvalue weighted by atomic mass is 9.97. The van der Waals surface area contributed by atoms with Crippen LogP contribution in [0.4, 0.5) is 5.82 Å². The fourth-order valence-corrected chi connectivity index (χ4v) is 4.30. The standard InChI is InChI=1S/C24H31N5O/c1-4-5-10-26-24(30)19-7-6-12-28(16-19)23-22-15-21(27-29(22)13-11-25-23)20-9-8-17(2)14-18(20)3/h8-9,11,13-15,19H,4-7,10,12,16H2,1-3H3,(H,26,30)/t19-/m1/s1. The maximum Gasteiger partial charge on any atom is 0.224 e. The Morgan fingerprint density at radius 1 is 1.27 bits per heavy atom. The van der Waals surface area contributed by atoms with Crippen LogP contribution in [-0.4, -0.2) is 40.1 Å². The minimum Gasteiger partial charge on any atom is -0.356 e. The number of fused-ring (bicyclic) bond motifs is 1. The molecule has 1 atom stereocenters. The Labute approximate surface area is 178 Å². The van der Waals surface area contributed by atoms with Gasteiger partial charge in [-0.3, -0.25) is 4.79 Å². The first-order valence-electron chi connectivity index (χ1n) is 11.0. The highest BCUT2D eigenvalue weighted by atomic mass is 16.1. The average Bonchev–Trinajstić information content (AvgIpc) is 3.18. The third-order valence-corrected chi connectivity index (χ3v) is 5.95. The third kappa shape index (κ3) is 4.18. The van der Waals surface area contributed by atoms with E-state index >= 15 is 0 Å². The molecule has 6 heteroatoms. The zero-order valence-electron chi connectivity index (χ0n) is 18.2. The van der Waals surface area contributed by atoms with E-state index < -0.39 is 0 Å². The molecule has 3 aromatic rings. The largest absolute Gasteiger partial charge is 0.356 e. The number of anilines is 1. The van der Waals surface area contributed by atoms with E-state index in [0.717, 1.165) is 61.4 Å². The van der Waals surface area contributed by atoms with Crippen molar-refractivity contribution in [1.29, 1.82) is 0 Å². The van der Waals surface area contributed by atoms with Crippen molar-refractivity contribution in [2.24, 2.45) is 5.92 Å². The van der Waals surface area contributed by atoms with Crippen LogP contribution in [-0.2, 0) is 4.79 Å². The number of piperidine rings is 1. The van der Waals surface area contributed by atoms with Crippen molar-refractivity contribution in [1.82, 2.24) is 19.9 Å². The Balaban J connectivity index is 1.59. The number of rotatable bonds is 6. The zero-order chi connectivity index (χ0) is 21.1. The molecule has 1 aliphatic rings. The molecule has 1 fully saturated rings. The van der Waals surface area contributed by atoms with Crippen LogP contribution in [0, 0.1) is 19.8 Å². The number of hydrogen-bond donors (Lipinski definition) is 1. The predicted molar refractivity (Wildman–Crippen MR) is 121 cm³/mol. The average molecular weight is 406 g/mol. The molecular weight excluding hydrogens is 374 g/mol. The summed E-state index contributed by atoms with van der Waals surface area (Å²) in [5.41, 5.74) is 5.54. The number of nitrogens with zero attached hydrogens (tertiary/aromatic N) is 4. The number of carbonyl (C=O) groups excluding carboxylic acids is 1. The second-order valence-corrected chi connectivity index (χ2v) is 8.36. The van der Waals surface area contributed by atoms with Gasteiger partial charge in [0.05, 0.1) is 11.6 Å². The molecule has 0 unspecified atom stereocenters. The minimum absolute atomic E-state index is 0.0133. The van der Waals surface area contributed by atoms with E-state index in [9.17, 15) is 4.79 Å². The molecule has 0 spiro atoms. The fraction of sp³-hybridized carbons (Fsp3) is 0.458. The summed E-state index contributed by atoms with van der Waals surface area (Å²) < 4.78 is 1.90. The van der Waals surface area contributed by atoms with E-state index in [-0.39, 0.29) is 11.8 Å². The summed E-state index contributed by atoms with van der Waals surface area (Å²) in [6.07, 6.45) is 7.74. The van der Waals surface area contributed by atoms with Gasteiger partial charge in [-0.25, -0.2) is 9.50 Å². The van der Waals surface area contributed by atoms with Gasteiger partial charge in [0.25, 0.3) is 0 Å². The van der Waals surface area contributed by atoms with Crippen LogP contribution >= 0.6 is 0 Å². The summed E-state index contributed by atoms with van der Waals surface area (Å²) in [5.74, 6) is 1.09. The molecule has 2 aromatic heterocycles. The normalized spacial score (nSPS) is 16.8. The van der Waals surface area contributed by atoms with Gasteiger partial charge in [0.2, 0.25) is 5.91 Å². The molecule has 1 aromatic carbocycles. The van der Waals surface area contributed by atoms with E-state index in [2.05, 4.69) is 60.2 Å². The van der Waals surface area contributed by atoms with E-state index in [1.54, 1.807) is 6.20 Å². The Bertz CT molecular complexity index is 1040. The third-order valence-electron chi connectivity index (χ3n) is 5.95. The second-order valence-electron chi connectivity index (χ2n) is 8.36. The number of unbranched alkanes of at least 4 members (excludes halogenated alkanes) is 1. The monoisotopic (exact) mass is 405 g/mol. The molecule has 30 heavy (non-hydrogen) atoms. The van der Waals surface area contributed by atoms with Crippen LogP contribution in [0.15, 0.2) is 36.7 Å². The molecular formula is C24H31N5O. The van der Waals surface area contributed by atoms with Crippen LogP contribution in [0.1, 0.15) is 43.7 Å². The van der Waals surface area contributed by atoms with Gasteiger partial charge in [-0.15, -0.1) is 0 Å². The maximum atomic E-state index is 12.6. The molecule has 0 radical (unpaired) electrons. The van der Waals surface area contributed by atoms with Crippen molar-refractivity contribution in [3.63, 3.8) is 0 Å². The van der Waals surface area contributed by atoms with E-state index in [1.165, 1.54) is 11.1 Å². The predicted octanol–water partition coefficient (Wildman–Crippen LogP) is 4.15. The Hall–Kier alpha value is -2.89. The molecule has 0 bridgehead atoms. The number of carbonyl (C=O) groups is 1. The van der Waals surface area contributed by atoms with Gasteiger partial charge < -0.3 is 10.2 Å². The van der Waals surface area contributed by atoms with Crippen LogP contribution in [0.25, 0.3) is 16.8 Å². The van der Waals surface area contributed by atoms with Crippen LogP contribution in [0.5, 0.6) is 0 Å². The van der Waals surface area contributed by atoms with E-state index in [4.69, 9.17) is 5.10 Å². The molecule has 1 aliphatic heterocycles. The topological polar surface area (TPSA) is 62.5 Å². The van der Waals surface area contributed by atoms with Gasteiger partial charge in [0.1, 0.15) is 5.52 Å². The van der Waals surface area contributed by atoms with Crippen LogP contribution in [0.3, 0.4) is 0 Å². The summed E-state index contributed by atoms with van der Waals surface area (Å²) in [4.78, 5) is 19.5. The van der Waals surface area contributed by atoms with Gasteiger partial charge in [-0.05, 0) is 44.7 Å². The smallest absolute Gasteiger partial charge is 0.224 e. The van der Waals surface area contributed by atoms with E-state index in [0.29, 0.717) is 6.54 Å². The van der Waals surface area contributed by atoms with Crippen molar-refractivity contribution < 1.29 is 4.79 Å². The zero-order valence-corrected chi connectivity index (χ0v) is 18.2. The second kappa shape index (κ2) is 8.86. The molecule has 4 rings (SSSR count). The summed E-state index contributed by atoms with van der Waals surface area (Å²) in [6, 6.07) is 8.56. The van der Waals surface area contributed by atoms with Gasteiger partial charge >= 0.3 is 0 Å². The molecule has 1 N–H and O–H groups in total. The van der Waals surface area contributed by atoms with Crippen molar-refractivity contribution in [2.45, 2.75) is 46.5 Å². The van der Waals surface area contributed by atoms with Gasteiger partial charge in [0.15, 0.2) is 5.82 Å². The summed E-state index contributed by atoms with van der Waals surface area (Å²) in [5, 5.41) is 7.90. The summed E-state index contributed by atoms with van der Waals surface area (Å²) in [7, 11) is 0. The van der Waals surface area contributed by atoms with Crippen molar-refractivity contribution in [3.8, 4) is 11.3 Å². The number of nitrogens with one attached hydrogen (secondary N) is 1. The first-order chi connectivity index (χ1) is 14.6. The molecule has 1 saturated heterocycles. The van der Waals surface area contributed by atoms with Gasteiger partial charge in [-0.1, -0.05) is 37.1 Å². The summed E-state index contributed by atoms with van der Waals surface area (Å²) in [6.45, 7) is 8.75. The SMILES string of the molecule is CCCCNC(=O)[C@@H]1CCCN(c2nccn3nc(-c4ccc(C)cc4C)cc23)C1. The minimum atomic E-state index is 0.0133. The molecule has 0 saturated carbocycles. The van der Waals surface area contributed by atoms with E-state index in [1.807, 2.05) is 10.7 Å². The summed E-state index contributed by atoms with van der Waals surface area (Å²) >= 11 is 0. The van der Waals surface area contributed by atoms with Crippen molar-refractivity contribution in [3.05, 3.63) is 47.8 Å². The quantitative estimate of drug-likeness (QED) is 0.626. The lowest BCUT2D eigenvalue weighted by Gasteiger charge is -2.33. The Morgan fingerprint density at radius 3 is 2.93 bits per heavy atom. The lowest BCUT2D eigenvalue weighted by molar-refractivity contribution is -0.125. The molecule has 3 heterocycles. The number of amides is 1. The lowest BCUT2D eigenvalue weighted by Crippen LogP contribution is -2.43. The molecule has 158 valence electrons. The number of aryl methyl sites for hydroxylation is 2. The van der Waals surface area contributed by atoms with Gasteiger partial charge in [-0.2, -0.15) is 5.10 Å². The number of hydrogen-bond acceptors (Lipinski definition) is 4. The number of benzene rings is 1. The number of aromatic nitrogens is 3. The van der Waals surface area contributed by atoms with Crippen molar-refractivity contribution >= 4 is 17.2 Å². The van der Waals surface area contributed by atoms with Crippen LogP contribution < -0.4 is 10.2 Å². The van der Waals surface area contributed by atoms with Crippen LogP contribution in [0.2, 0.25) is 0 Å². The Kier molecular flexibility index (Phi) is 6.02. The first-order valence-corrected chi connectivity index (χ1v) is 11.0. The molecule has 6 nitrogen and oxygen atoms in total. The molecule has 1 amide bonds. The maximum absolute atomic E-state index is 12.6. The first kappa shape index (κ1) is 20.4. The fourth-order valence-electron chi connectivity index (χ4n) is 4.30. The highest BCUT2D eigenvalue weighted by Crippen LogP contribution is 2.29.